The van der Waals surface area contributed by atoms with E-state index in [-0.39, 0.29) is 23.8 Å². The summed E-state index contributed by atoms with van der Waals surface area (Å²) in [6, 6.07) is 6.98. The number of hydrogen-bond donors (Lipinski definition) is 3. The van der Waals surface area contributed by atoms with E-state index < -0.39 is 11.4 Å². The van der Waals surface area contributed by atoms with Gasteiger partial charge in [0, 0.05) is 23.6 Å². The topological polar surface area (TPSA) is 95.5 Å². The Morgan fingerprint density at radius 2 is 1.76 bits per heavy atom. The lowest BCUT2D eigenvalue weighted by Crippen LogP contribution is -2.34. The highest BCUT2D eigenvalue weighted by Crippen LogP contribution is 2.25. The van der Waals surface area contributed by atoms with Gasteiger partial charge in [0.2, 0.25) is 5.91 Å². The molecule has 0 heterocycles. The van der Waals surface area contributed by atoms with E-state index in [2.05, 4.69) is 10.6 Å². The van der Waals surface area contributed by atoms with Gasteiger partial charge in [0.15, 0.2) is 0 Å². The van der Waals surface area contributed by atoms with E-state index in [1.54, 1.807) is 12.1 Å². The third-order valence-corrected chi connectivity index (χ3v) is 4.47. The van der Waals surface area contributed by atoms with Crippen molar-refractivity contribution in [1.29, 1.82) is 0 Å². The number of carbonyl (C=O) groups excluding carboxylic acids is 2. The molecule has 1 aromatic rings. The first-order valence-corrected chi connectivity index (χ1v) is 8.57. The molecule has 1 saturated carbocycles. The second-order valence-corrected chi connectivity index (χ2v) is 7.65. The molecular formula is C19H26N2O4. The Morgan fingerprint density at radius 1 is 1.12 bits per heavy atom. The molecule has 6 heteroatoms. The zero-order valence-electron chi connectivity index (χ0n) is 15.0. The van der Waals surface area contributed by atoms with Gasteiger partial charge in [0.25, 0.3) is 5.91 Å². The van der Waals surface area contributed by atoms with E-state index in [4.69, 9.17) is 5.11 Å². The van der Waals surface area contributed by atoms with Crippen molar-refractivity contribution in [2.45, 2.75) is 52.6 Å². The average Bonchev–Trinajstić information content (AvgIpc) is 3.01. The number of carbonyl (C=O) groups is 3. The van der Waals surface area contributed by atoms with Crippen molar-refractivity contribution in [3.63, 3.8) is 0 Å². The lowest BCUT2D eigenvalue weighted by molar-refractivity contribution is -0.141. The van der Waals surface area contributed by atoms with Crippen molar-refractivity contribution in [1.82, 2.24) is 10.6 Å². The van der Waals surface area contributed by atoms with Gasteiger partial charge >= 0.3 is 5.97 Å². The van der Waals surface area contributed by atoms with Crippen LogP contribution in [0.3, 0.4) is 0 Å². The van der Waals surface area contributed by atoms with Gasteiger partial charge in [0.05, 0.1) is 5.92 Å². The molecule has 0 saturated heterocycles. The number of aliphatic carboxylic acids is 1. The summed E-state index contributed by atoms with van der Waals surface area (Å²) in [7, 11) is 0. The number of nitrogens with one attached hydrogen (secondary N) is 2. The molecule has 3 N–H and O–H groups in total. The van der Waals surface area contributed by atoms with Crippen molar-refractivity contribution in [2.75, 3.05) is 0 Å². The fraction of sp³-hybridized carbons (Fsp3) is 0.526. The Kier molecular flexibility index (Phi) is 5.82. The Bertz CT molecular complexity index is 646. The largest absolute Gasteiger partial charge is 0.481 e. The van der Waals surface area contributed by atoms with Crippen LogP contribution in [0.1, 0.15) is 56.0 Å². The van der Waals surface area contributed by atoms with Crippen molar-refractivity contribution in [2.24, 2.45) is 11.3 Å². The molecule has 6 nitrogen and oxygen atoms in total. The van der Waals surface area contributed by atoms with Gasteiger partial charge in [-0.3, -0.25) is 14.4 Å². The second-order valence-electron chi connectivity index (χ2n) is 7.65. The van der Waals surface area contributed by atoms with E-state index in [1.165, 1.54) is 0 Å². The summed E-state index contributed by atoms with van der Waals surface area (Å²) in [6.45, 7) is 5.98. The molecule has 2 amide bonds. The van der Waals surface area contributed by atoms with Crippen LogP contribution in [0.4, 0.5) is 0 Å². The Labute approximate surface area is 148 Å². The van der Waals surface area contributed by atoms with E-state index in [9.17, 15) is 14.4 Å². The summed E-state index contributed by atoms with van der Waals surface area (Å²) < 4.78 is 0. The molecule has 2 rings (SSSR count). The van der Waals surface area contributed by atoms with Crippen molar-refractivity contribution in [3.05, 3.63) is 35.4 Å². The van der Waals surface area contributed by atoms with Crippen molar-refractivity contribution < 1.29 is 19.5 Å². The number of hydrogen-bond acceptors (Lipinski definition) is 3. The monoisotopic (exact) mass is 346 g/mol. The molecule has 0 bridgehead atoms. The predicted octanol–water partition coefficient (Wildman–Crippen LogP) is 2.33. The first-order valence-electron chi connectivity index (χ1n) is 8.57. The third-order valence-electron chi connectivity index (χ3n) is 4.47. The highest BCUT2D eigenvalue weighted by molar-refractivity contribution is 5.94. The van der Waals surface area contributed by atoms with E-state index in [1.807, 2.05) is 32.9 Å². The first-order chi connectivity index (χ1) is 11.7. The van der Waals surface area contributed by atoms with Crippen LogP contribution in [0.5, 0.6) is 0 Å². The number of amides is 2. The zero-order chi connectivity index (χ0) is 18.6. The maximum atomic E-state index is 12.3. The summed E-state index contributed by atoms with van der Waals surface area (Å²) in [6.07, 6.45) is 1.78. The number of rotatable bonds is 5. The van der Waals surface area contributed by atoms with E-state index in [0.717, 1.165) is 5.56 Å². The molecule has 0 aliphatic heterocycles. The molecule has 0 spiro atoms. The maximum Gasteiger partial charge on any atom is 0.306 e. The predicted molar refractivity (Wildman–Crippen MR) is 94.0 cm³/mol. The van der Waals surface area contributed by atoms with Crippen LogP contribution in [0.15, 0.2) is 24.3 Å². The molecule has 1 aliphatic carbocycles. The molecule has 1 aromatic carbocycles. The van der Waals surface area contributed by atoms with Gasteiger partial charge in [-0.2, -0.15) is 0 Å². The minimum atomic E-state index is -0.793. The SMILES string of the molecule is CC(C)(C)C(=O)NCc1ccc(C(=O)N[C@@H]2CC[C@H](C(=O)O)C2)cc1. The summed E-state index contributed by atoms with van der Waals surface area (Å²) in [5.74, 6) is -1.37. The molecule has 1 aliphatic rings. The third kappa shape index (κ3) is 5.31. The first kappa shape index (κ1) is 19.0. The Morgan fingerprint density at radius 3 is 2.28 bits per heavy atom. The summed E-state index contributed by atoms with van der Waals surface area (Å²) in [5.41, 5.74) is 1.01. The standard InChI is InChI=1S/C19H26N2O4/c1-19(2,3)18(25)20-11-12-4-6-13(7-5-12)16(22)21-15-9-8-14(10-15)17(23)24/h4-7,14-15H,8-11H2,1-3H3,(H,20,25)(H,21,22)(H,23,24)/t14-,15+/m0/s1. The zero-order valence-corrected chi connectivity index (χ0v) is 15.0. The Hall–Kier alpha value is -2.37. The van der Waals surface area contributed by atoms with Crippen LogP contribution in [-0.4, -0.2) is 28.9 Å². The minimum Gasteiger partial charge on any atom is -0.481 e. The molecule has 0 aromatic heterocycles. The second kappa shape index (κ2) is 7.68. The van der Waals surface area contributed by atoms with Crippen LogP contribution in [-0.2, 0) is 16.1 Å². The molecule has 0 unspecified atom stereocenters. The fourth-order valence-corrected chi connectivity index (χ4v) is 2.83. The van der Waals surface area contributed by atoms with Crippen LogP contribution in [0.25, 0.3) is 0 Å². The van der Waals surface area contributed by atoms with Crippen LogP contribution in [0.2, 0.25) is 0 Å². The van der Waals surface area contributed by atoms with Crippen molar-refractivity contribution in [3.8, 4) is 0 Å². The molecule has 2 atom stereocenters. The Balaban J connectivity index is 1.86. The van der Waals surface area contributed by atoms with Gasteiger partial charge in [-0.15, -0.1) is 0 Å². The van der Waals surface area contributed by atoms with Gasteiger partial charge in [0.1, 0.15) is 0 Å². The minimum absolute atomic E-state index is 0.0245. The van der Waals surface area contributed by atoms with Gasteiger partial charge < -0.3 is 15.7 Å². The maximum absolute atomic E-state index is 12.3. The van der Waals surface area contributed by atoms with Crippen LogP contribution < -0.4 is 10.6 Å². The molecule has 1 fully saturated rings. The molecule has 0 radical (unpaired) electrons. The van der Waals surface area contributed by atoms with E-state index >= 15 is 0 Å². The highest BCUT2D eigenvalue weighted by atomic mass is 16.4. The smallest absolute Gasteiger partial charge is 0.306 e. The lowest BCUT2D eigenvalue weighted by Gasteiger charge is -2.17. The number of carboxylic acids is 1. The summed E-state index contributed by atoms with van der Waals surface area (Å²) in [5, 5.41) is 14.8. The molecule has 136 valence electrons. The van der Waals surface area contributed by atoms with Crippen LogP contribution in [0, 0.1) is 11.3 Å². The molecule has 25 heavy (non-hydrogen) atoms. The normalized spacial score (nSPS) is 20.1. The lowest BCUT2D eigenvalue weighted by atomic mass is 9.95. The van der Waals surface area contributed by atoms with Crippen LogP contribution >= 0.6 is 0 Å². The highest BCUT2D eigenvalue weighted by Gasteiger charge is 2.30. The number of benzene rings is 1. The fourth-order valence-electron chi connectivity index (χ4n) is 2.83. The molecular weight excluding hydrogens is 320 g/mol. The van der Waals surface area contributed by atoms with E-state index in [0.29, 0.717) is 31.4 Å². The number of carboxylic acid groups (broad SMARTS) is 1. The average molecular weight is 346 g/mol. The summed E-state index contributed by atoms with van der Waals surface area (Å²) in [4.78, 5) is 35.1. The van der Waals surface area contributed by atoms with Gasteiger partial charge in [-0.1, -0.05) is 32.9 Å². The van der Waals surface area contributed by atoms with Crippen molar-refractivity contribution >= 4 is 17.8 Å². The van der Waals surface area contributed by atoms with Gasteiger partial charge in [-0.25, -0.2) is 0 Å². The van der Waals surface area contributed by atoms with Gasteiger partial charge in [-0.05, 0) is 37.0 Å². The quantitative estimate of drug-likeness (QED) is 0.762. The summed E-state index contributed by atoms with van der Waals surface area (Å²) >= 11 is 0.